The standard InChI is InChI=1S/C28H34FN3O2/c29-23-12-14-24(15-13-23)30-28(34)31-16-4-5-17-32-25(18-31)27(26(32)19-33)22-10-8-21(9-11-22)20-6-2-1-3-7-20/h6,8-15,25-27,33H,1-5,7,16-19H2,(H,30,34)/t25-,26-,27+/m0/s1. The number of rotatable bonds is 4. The molecule has 6 heteroatoms. The van der Waals surface area contributed by atoms with E-state index in [1.807, 2.05) is 4.90 Å². The predicted octanol–water partition coefficient (Wildman–Crippen LogP) is 5.24. The first kappa shape index (κ1) is 23.1. The number of hydrogen-bond donors (Lipinski definition) is 2. The van der Waals surface area contributed by atoms with Gasteiger partial charge in [0.1, 0.15) is 5.82 Å². The second-order valence-electron chi connectivity index (χ2n) is 9.77. The molecule has 2 aromatic carbocycles. The van der Waals surface area contributed by atoms with Crippen molar-refractivity contribution in [2.45, 2.75) is 56.5 Å². The van der Waals surface area contributed by atoms with Gasteiger partial charge in [-0.25, -0.2) is 9.18 Å². The first-order valence-electron chi connectivity index (χ1n) is 12.6. The van der Waals surface area contributed by atoms with E-state index >= 15 is 0 Å². The van der Waals surface area contributed by atoms with Crippen LogP contribution in [0.25, 0.3) is 5.57 Å². The van der Waals surface area contributed by atoms with Gasteiger partial charge in [-0.3, -0.25) is 4.90 Å². The van der Waals surface area contributed by atoms with Crippen molar-refractivity contribution in [3.8, 4) is 0 Å². The fourth-order valence-electron chi connectivity index (χ4n) is 5.88. The number of anilines is 1. The van der Waals surface area contributed by atoms with E-state index in [9.17, 15) is 14.3 Å². The lowest BCUT2D eigenvalue weighted by atomic mass is 9.74. The maximum atomic E-state index is 13.2. The van der Waals surface area contributed by atoms with E-state index in [0.29, 0.717) is 18.8 Å². The molecule has 2 saturated heterocycles. The third-order valence-corrected chi connectivity index (χ3v) is 7.71. The molecule has 2 aliphatic heterocycles. The third-order valence-electron chi connectivity index (χ3n) is 7.71. The highest BCUT2D eigenvalue weighted by molar-refractivity contribution is 5.89. The van der Waals surface area contributed by atoms with Crippen molar-refractivity contribution >= 4 is 17.3 Å². The zero-order valence-corrected chi connectivity index (χ0v) is 19.6. The number of halogens is 1. The van der Waals surface area contributed by atoms with Gasteiger partial charge in [0, 0.05) is 36.8 Å². The maximum absolute atomic E-state index is 13.2. The van der Waals surface area contributed by atoms with Gasteiger partial charge in [-0.05, 0) is 86.0 Å². The zero-order chi connectivity index (χ0) is 23.5. The Morgan fingerprint density at radius 1 is 1.00 bits per heavy atom. The van der Waals surface area contributed by atoms with E-state index in [2.05, 4.69) is 40.6 Å². The van der Waals surface area contributed by atoms with E-state index in [-0.39, 0.29) is 36.5 Å². The number of carbonyl (C=O) groups excluding carboxylic acids is 1. The Hall–Kier alpha value is -2.70. The Kier molecular flexibility index (Phi) is 6.97. The van der Waals surface area contributed by atoms with Crippen LogP contribution in [0, 0.1) is 5.82 Å². The summed E-state index contributed by atoms with van der Waals surface area (Å²) in [7, 11) is 0. The van der Waals surface area contributed by atoms with Gasteiger partial charge in [0.2, 0.25) is 0 Å². The van der Waals surface area contributed by atoms with E-state index < -0.39 is 0 Å². The highest BCUT2D eigenvalue weighted by atomic mass is 19.1. The molecule has 0 unspecified atom stereocenters. The fourth-order valence-corrected chi connectivity index (χ4v) is 5.88. The molecule has 2 amide bonds. The lowest BCUT2D eigenvalue weighted by Gasteiger charge is -2.57. The molecule has 2 fully saturated rings. The number of allylic oxidation sites excluding steroid dienone is 2. The summed E-state index contributed by atoms with van der Waals surface area (Å²) < 4.78 is 13.2. The van der Waals surface area contributed by atoms with Gasteiger partial charge < -0.3 is 15.3 Å². The fraction of sp³-hybridized carbons (Fsp3) is 0.464. The van der Waals surface area contributed by atoms with Crippen LogP contribution in [0.5, 0.6) is 0 Å². The van der Waals surface area contributed by atoms with Crippen LogP contribution in [-0.4, -0.2) is 59.3 Å². The number of fused-ring (bicyclic) bond motifs is 1. The predicted molar refractivity (Wildman–Crippen MR) is 133 cm³/mol. The molecule has 2 N–H and O–H groups in total. The molecule has 0 spiro atoms. The van der Waals surface area contributed by atoms with Crippen LogP contribution in [0.1, 0.15) is 55.6 Å². The van der Waals surface area contributed by atoms with E-state index in [1.54, 1.807) is 12.1 Å². The molecule has 0 radical (unpaired) electrons. The number of benzene rings is 2. The van der Waals surface area contributed by atoms with Crippen LogP contribution in [0.15, 0.2) is 54.6 Å². The minimum Gasteiger partial charge on any atom is -0.395 e. The number of urea groups is 1. The monoisotopic (exact) mass is 463 g/mol. The molecule has 34 heavy (non-hydrogen) atoms. The molecule has 5 nitrogen and oxygen atoms in total. The number of nitrogens with zero attached hydrogens (tertiary/aromatic N) is 2. The largest absolute Gasteiger partial charge is 0.395 e. The average molecular weight is 464 g/mol. The molecule has 0 bridgehead atoms. The highest BCUT2D eigenvalue weighted by Crippen LogP contribution is 2.42. The van der Waals surface area contributed by atoms with Crippen LogP contribution >= 0.6 is 0 Å². The third kappa shape index (κ3) is 4.75. The van der Waals surface area contributed by atoms with E-state index in [0.717, 1.165) is 25.8 Å². The van der Waals surface area contributed by atoms with Gasteiger partial charge in [-0.2, -0.15) is 0 Å². The van der Waals surface area contributed by atoms with Crippen molar-refractivity contribution in [1.29, 1.82) is 0 Å². The topological polar surface area (TPSA) is 55.8 Å². The molecule has 0 saturated carbocycles. The second kappa shape index (κ2) is 10.3. The van der Waals surface area contributed by atoms with Crippen LogP contribution < -0.4 is 5.32 Å². The minimum absolute atomic E-state index is 0.0878. The number of aliphatic hydroxyl groups is 1. The molecular weight excluding hydrogens is 429 g/mol. The zero-order valence-electron chi connectivity index (χ0n) is 19.6. The number of amides is 2. The van der Waals surface area contributed by atoms with Crippen molar-refractivity contribution in [2.24, 2.45) is 0 Å². The van der Waals surface area contributed by atoms with Crippen LogP contribution in [-0.2, 0) is 0 Å². The van der Waals surface area contributed by atoms with Crippen molar-refractivity contribution in [3.63, 3.8) is 0 Å². The van der Waals surface area contributed by atoms with Gasteiger partial charge in [0.05, 0.1) is 6.61 Å². The quantitative estimate of drug-likeness (QED) is 0.652. The Morgan fingerprint density at radius 2 is 1.76 bits per heavy atom. The molecular formula is C28H34FN3O2. The van der Waals surface area contributed by atoms with Crippen LogP contribution in [0.3, 0.4) is 0 Å². The first-order valence-corrected chi connectivity index (χ1v) is 12.6. The number of hydrogen-bond acceptors (Lipinski definition) is 3. The summed E-state index contributed by atoms with van der Waals surface area (Å²) in [4.78, 5) is 17.3. The van der Waals surface area contributed by atoms with E-state index in [4.69, 9.17) is 0 Å². The van der Waals surface area contributed by atoms with Gasteiger partial charge in [-0.1, -0.05) is 30.3 Å². The van der Waals surface area contributed by atoms with Crippen molar-refractivity contribution < 1.29 is 14.3 Å². The molecule has 5 rings (SSSR count). The Labute approximate surface area is 201 Å². The van der Waals surface area contributed by atoms with Gasteiger partial charge in [0.15, 0.2) is 0 Å². The first-order chi connectivity index (χ1) is 16.6. The van der Waals surface area contributed by atoms with Crippen LogP contribution in [0.2, 0.25) is 0 Å². The Balaban J connectivity index is 1.32. The van der Waals surface area contributed by atoms with Crippen LogP contribution in [0.4, 0.5) is 14.9 Å². The molecule has 180 valence electrons. The number of aliphatic hydroxyl groups excluding tert-OH is 1. The number of nitrogens with one attached hydrogen (secondary N) is 1. The Morgan fingerprint density at radius 3 is 2.47 bits per heavy atom. The van der Waals surface area contributed by atoms with Crippen molar-refractivity contribution in [1.82, 2.24) is 9.80 Å². The smallest absolute Gasteiger partial charge is 0.321 e. The summed E-state index contributed by atoms with van der Waals surface area (Å²) in [6, 6.07) is 14.9. The summed E-state index contributed by atoms with van der Waals surface area (Å²) in [6.45, 7) is 2.38. The normalized spacial score (nSPS) is 25.4. The van der Waals surface area contributed by atoms with Gasteiger partial charge in [0.25, 0.3) is 0 Å². The van der Waals surface area contributed by atoms with Gasteiger partial charge in [-0.15, -0.1) is 0 Å². The molecule has 3 aliphatic rings. The molecule has 1 aliphatic carbocycles. The SMILES string of the molecule is O=C(Nc1ccc(F)cc1)N1CCCCN2[C@@H](CO)[C@H](c3ccc(C4=CCCCC4)cc3)[C@@H]2C1. The summed E-state index contributed by atoms with van der Waals surface area (Å²) in [6.07, 6.45) is 9.14. The highest BCUT2D eigenvalue weighted by Gasteiger charge is 2.49. The summed E-state index contributed by atoms with van der Waals surface area (Å²) >= 11 is 0. The maximum Gasteiger partial charge on any atom is 0.321 e. The van der Waals surface area contributed by atoms with Gasteiger partial charge >= 0.3 is 6.03 Å². The lowest BCUT2D eigenvalue weighted by molar-refractivity contribution is -0.0585. The Bertz CT molecular complexity index is 1020. The average Bonchev–Trinajstić information content (AvgIpc) is 2.85. The second-order valence-corrected chi connectivity index (χ2v) is 9.77. The summed E-state index contributed by atoms with van der Waals surface area (Å²) in [5.74, 6) is -0.128. The van der Waals surface area contributed by atoms with Crippen molar-refractivity contribution in [3.05, 3.63) is 71.6 Å². The minimum atomic E-state index is -0.321. The van der Waals surface area contributed by atoms with E-state index in [1.165, 1.54) is 48.1 Å². The summed E-state index contributed by atoms with van der Waals surface area (Å²) in [5, 5.41) is 13.1. The summed E-state index contributed by atoms with van der Waals surface area (Å²) in [5.41, 5.74) is 4.58. The lowest BCUT2D eigenvalue weighted by Crippen LogP contribution is -2.68. The van der Waals surface area contributed by atoms with Crippen molar-refractivity contribution in [2.75, 3.05) is 31.6 Å². The number of carbonyl (C=O) groups is 1. The molecule has 0 aromatic heterocycles. The molecule has 2 heterocycles. The molecule has 2 aromatic rings. The molecule has 3 atom stereocenters.